The van der Waals surface area contributed by atoms with Crippen LogP contribution in [0.1, 0.15) is 51.1 Å². The topological polar surface area (TPSA) is 823 Å². The number of nitrogens with one attached hydrogen (secondary N) is 5. The first-order chi connectivity index (χ1) is 64.4. The summed E-state index contributed by atoms with van der Waals surface area (Å²) in [6, 6.07) is 33.8. The third kappa shape index (κ3) is 49.4. The standard InChI is InChI=1S/C20H17N6O.C18H18N8O4S2.C13H24N12O4.C12H24N6O5.C12H9N6O2S/c21-25-23-18-8-4-14(5-9-18)12-16-2-1-3-17(20(16)27)13-15-6-10-19(11-7-15)24-26-22;19-25-23-11-1-3-13(15(27)9-11)17(29)21-5-7-31-32-8-6-22-18(30)14-4-2-12(24-26-20)10-16(14)28;14-22-18-1-5-26-9-13(10-27-6-2-19-23-15,11-28-7-3-20-24-16)12-29-8-4-21-25-17;13-17-15-1-3-19-5-7-21-9-11-23-12-10-22-8-6-20-4-2-16-18-14;13-17-15-9-1-5-11(6-2-9)21(19,20)12-7-3-10(4-8-12)16-18-14/h4-13,21H,1-3H2;1-4,9-10,19H,5-8H2,(H3-,21,22,27,28,29,30);1-12H2;1-12H2;1-8,13H/q+1;;;;+1/p+1/b16-12+,17-13+;;;;. The van der Waals surface area contributed by atoms with Gasteiger partial charge in [0.15, 0.2) is 38.2 Å². The van der Waals surface area contributed by atoms with Gasteiger partial charge in [-0.15, -0.1) is 0 Å². The van der Waals surface area contributed by atoms with E-state index in [2.05, 4.69) is 131 Å². The molecule has 7 rings (SSSR count). The van der Waals surface area contributed by atoms with Gasteiger partial charge in [0.1, 0.15) is 28.1 Å². The highest BCUT2D eigenvalue weighted by Gasteiger charge is 2.33. The summed E-state index contributed by atoms with van der Waals surface area (Å²) in [4.78, 5) is 69.8. The number of carbonyl (C=O) groups excluding carboxylic acids is 3. The predicted octanol–water partition coefficient (Wildman–Crippen LogP) is 18.4. The van der Waals surface area contributed by atoms with Crippen LogP contribution in [0.15, 0.2) is 216 Å². The van der Waals surface area contributed by atoms with Crippen molar-refractivity contribution in [2.45, 2.75) is 29.1 Å². The molecule has 0 atom stereocenters. The average molecular weight is 1880 g/mol. The Balaban J connectivity index is 0.000000428. The fourth-order valence-corrected chi connectivity index (χ4v) is 13.3. The number of azide groups is 9. The number of ether oxygens (including phenoxy) is 9. The molecule has 1 aliphatic carbocycles. The monoisotopic (exact) mass is 1880 g/mol. The summed E-state index contributed by atoms with van der Waals surface area (Å²) >= 11 is 0. The van der Waals surface area contributed by atoms with Gasteiger partial charge in [-0.2, -0.15) is 0 Å². The van der Waals surface area contributed by atoms with Crippen LogP contribution in [0.25, 0.3) is 106 Å². The largest absolute Gasteiger partial charge is 0.507 e. The number of rotatable bonds is 57. The summed E-state index contributed by atoms with van der Waals surface area (Å²) in [6.07, 6.45) is 6.22. The number of allylic oxidation sites excluding steroid dienone is 2. The summed E-state index contributed by atoms with van der Waals surface area (Å²) in [7, 11) is -0.646. The predicted molar refractivity (Wildman–Crippen MR) is 483 cm³/mol. The van der Waals surface area contributed by atoms with Gasteiger partial charge in [-0.05, 0) is 165 Å². The van der Waals surface area contributed by atoms with Crippen molar-refractivity contribution in [1.82, 2.24) is 25.4 Å². The number of carbonyl (C=O) groups is 3. The van der Waals surface area contributed by atoms with Crippen LogP contribution < -0.4 is 25.4 Å². The van der Waals surface area contributed by atoms with Gasteiger partial charge in [-0.3, -0.25) is 14.4 Å². The molecule has 0 unspecified atom stereocenters. The maximum absolute atomic E-state index is 12.8. The molecule has 0 saturated heterocycles. The highest BCUT2D eigenvalue weighted by atomic mass is 33.1. The second-order valence-corrected chi connectivity index (χ2v) is 30.1. The fraction of sp³-hybridized carbons (Fsp3) is 0.427. The van der Waals surface area contributed by atoms with E-state index in [1.165, 1.54) is 107 Å². The van der Waals surface area contributed by atoms with Crippen molar-refractivity contribution in [2.24, 2.45) is 66.8 Å². The third-order valence-electron chi connectivity index (χ3n) is 16.2. The SMILES string of the molecule is [N-]=[N+]=NCCOCC(COCCN=[N+]=[N-])(COCCN=[N+]=[N-])COCCN=[N+]=[N-].[N-]=[N+]=NCCOCCOCCOCCOCCOCCN=[N+]=[N-].[N-]=[N+]=Nc1ccc(/C=C2\CCC/C(=C\c3ccc(N=[N+]=N)cc3)C2=O)cc1.[N-]=[N+]=Nc1ccc(C(=O)NCCSSCCNC(=O)c2ccc(N=[N+]=N)cc2O)c(O)c1.[N-]=[N+]=Nc1ccc(S(=O)(=O)c2ccc(N=[N+]=N)cc2)cc1. The minimum Gasteiger partial charge on any atom is -0.507 e. The lowest BCUT2D eigenvalue weighted by molar-refractivity contribution is -0.112. The van der Waals surface area contributed by atoms with Gasteiger partial charge in [0, 0.05) is 142 Å². The van der Waals surface area contributed by atoms with Crippen molar-refractivity contribution in [1.29, 1.82) is 16.6 Å². The van der Waals surface area contributed by atoms with E-state index in [1.54, 1.807) is 24.3 Å². The highest BCUT2D eigenvalue weighted by Crippen LogP contribution is 2.32. The first-order valence-corrected chi connectivity index (χ1v) is 43.1. The zero-order valence-corrected chi connectivity index (χ0v) is 73.3. The molecule has 0 bridgehead atoms. The Morgan fingerprint density at radius 1 is 0.379 bits per heavy atom. The quantitative estimate of drug-likeness (QED) is 0.00466. The van der Waals surface area contributed by atoms with Crippen molar-refractivity contribution in [2.75, 3.05) is 183 Å². The van der Waals surface area contributed by atoms with Crippen molar-refractivity contribution in [3.05, 3.63) is 261 Å². The van der Waals surface area contributed by atoms with E-state index in [0.29, 0.717) is 127 Å². The second kappa shape index (κ2) is 72.0. The van der Waals surface area contributed by atoms with E-state index in [-0.39, 0.29) is 129 Å². The Labute approximate surface area is 760 Å². The van der Waals surface area contributed by atoms with Gasteiger partial charge < -0.3 is 63.5 Å². The molecule has 57 heteroatoms. The van der Waals surface area contributed by atoms with E-state index in [1.807, 2.05) is 36.4 Å². The summed E-state index contributed by atoms with van der Waals surface area (Å²) in [5.41, 5.74) is 99.7. The first-order valence-electron chi connectivity index (χ1n) is 39.1. The molecule has 54 nitrogen and oxygen atoms in total. The van der Waals surface area contributed by atoms with Crippen LogP contribution in [-0.4, -0.2) is 219 Å². The molecular formula is C75H93N38O16S3+3. The lowest BCUT2D eigenvalue weighted by Crippen LogP contribution is -2.42. The van der Waals surface area contributed by atoms with Crippen LogP contribution in [0.3, 0.4) is 0 Å². The van der Waals surface area contributed by atoms with Crippen molar-refractivity contribution in [3.63, 3.8) is 0 Å². The Morgan fingerprint density at radius 2 is 0.644 bits per heavy atom. The van der Waals surface area contributed by atoms with Crippen molar-refractivity contribution in [3.8, 4) is 11.5 Å². The van der Waals surface area contributed by atoms with Crippen LogP contribution in [-0.2, 0) is 57.3 Å². The van der Waals surface area contributed by atoms with Crippen molar-refractivity contribution >= 4 is 95.3 Å². The molecule has 0 aromatic heterocycles. The number of hydrogen-bond acceptors (Lipinski definition) is 33. The molecule has 694 valence electrons. The Kier molecular flexibility index (Phi) is 60.6. The molecule has 1 saturated carbocycles. The summed E-state index contributed by atoms with van der Waals surface area (Å²) in [6.45, 7) is 8.16. The Morgan fingerprint density at radius 3 is 0.939 bits per heavy atom. The molecule has 132 heavy (non-hydrogen) atoms. The zero-order chi connectivity index (χ0) is 96.0. The molecule has 7 N–H and O–H groups in total. The number of amides is 2. The normalized spacial score (nSPS) is 11.8. The maximum Gasteiger partial charge on any atom is 0.255 e. The smallest absolute Gasteiger partial charge is 0.255 e. The van der Waals surface area contributed by atoms with Gasteiger partial charge in [-0.1, -0.05) is 122 Å². The molecular weight excluding hydrogens is 1790 g/mol. The van der Waals surface area contributed by atoms with Crippen LogP contribution in [0.2, 0.25) is 0 Å². The number of aromatic hydroxyl groups is 2. The average Bonchev–Trinajstić information content (AvgIpc) is 0.800. The minimum atomic E-state index is -3.66. The van der Waals surface area contributed by atoms with Gasteiger partial charge in [0.25, 0.3) is 11.8 Å². The van der Waals surface area contributed by atoms with E-state index in [4.69, 9.17) is 109 Å². The van der Waals surface area contributed by atoms with Crippen LogP contribution >= 0.6 is 21.6 Å². The number of phenolic OH excluding ortho intramolecular Hbond substituents is 2. The van der Waals surface area contributed by atoms with Crippen LogP contribution in [0, 0.1) is 22.0 Å². The third-order valence-corrected chi connectivity index (χ3v) is 20.4. The van der Waals surface area contributed by atoms with Gasteiger partial charge >= 0.3 is 0 Å². The fourth-order valence-electron chi connectivity index (χ4n) is 10.3. The summed E-state index contributed by atoms with van der Waals surface area (Å²) < 4.78 is 73.3. The van der Waals surface area contributed by atoms with Gasteiger partial charge in [0.2, 0.25) is 24.6 Å². The lowest BCUT2D eigenvalue weighted by atomic mass is 9.87. The summed E-state index contributed by atoms with van der Waals surface area (Å²) in [5, 5.41) is 66.3. The second-order valence-electron chi connectivity index (χ2n) is 25.4. The molecule has 6 aromatic rings. The lowest BCUT2D eigenvalue weighted by Gasteiger charge is -2.33. The Hall–Kier alpha value is -15.0. The minimum absolute atomic E-state index is 0.0651. The number of benzene rings is 6. The molecule has 6 aromatic carbocycles. The molecule has 0 radical (unpaired) electrons. The molecule has 0 heterocycles. The highest BCUT2D eigenvalue weighted by molar-refractivity contribution is 8.76. The molecule has 0 aliphatic heterocycles. The number of ketones is 1. The van der Waals surface area contributed by atoms with Crippen LogP contribution in [0.4, 0.5) is 34.1 Å². The van der Waals surface area contributed by atoms with Gasteiger partial charge in [0.05, 0.1) is 145 Å². The number of phenols is 2. The number of nitrogens with zero attached hydrogens (tertiary/aromatic N) is 33. The molecule has 2 amide bonds. The maximum atomic E-state index is 12.8. The van der Waals surface area contributed by atoms with Crippen molar-refractivity contribution < 1.29 is 75.6 Å². The van der Waals surface area contributed by atoms with E-state index in [9.17, 15) is 33.0 Å². The zero-order valence-electron chi connectivity index (χ0n) is 70.9. The number of sulfone groups is 1. The number of Topliss-reactive ketones (excluding diaryl/α,β-unsaturated/α-hetero) is 1. The van der Waals surface area contributed by atoms with E-state index >= 15 is 0 Å². The van der Waals surface area contributed by atoms with E-state index < -0.39 is 27.1 Å². The summed E-state index contributed by atoms with van der Waals surface area (Å²) in [5.74, 6) is -0.110. The molecule has 1 aliphatic rings. The number of hydrogen-bond donors (Lipinski definition) is 7. The van der Waals surface area contributed by atoms with Crippen LogP contribution in [0.5, 0.6) is 11.5 Å². The Bertz CT molecular complexity index is 5030. The van der Waals surface area contributed by atoms with Gasteiger partial charge in [-0.25, -0.2) is 8.42 Å². The first kappa shape index (κ1) is 111. The molecule has 0 spiro atoms. The molecule has 1 fully saturated rings. The van der Waals surface area contributed by atoms with E-state index in [0.717, 1.165) is 41.5 Å².